The quantitative estimate of drug-likeness (QED) is 0.424. The minimum absolute atomic E-state index is 0.0463. The summed E-state index contributed by atoms with van der Waals surface area (Å²) in [6.45, 7) is 0.272. The summed E-state index contributed by atoms with van der Waals surface area (Å²) >= 11 is 0. The fourth-order valence-corrected chi connectivity index (χ4v) is 3.98. The van der Waals surface area contributed by atoms with Crippen LogP contribution in [0.1, 0.15) is 6.92 Å². The van der Waals surface area contributed by atoms with Gasteiger partial charge in [-0.1, -0.05) is 36.4 Å². The molecule has 0 saturated carbocycles. The van der Waals surface area contributed by atoms with Gasteiger partial charge in [-0.15, -0.1) is 0 Å². The van der Waals surface area contributed by atoms with Crippen LogP contribution >= 0.6 is 7.60 Å². The van der Waals surface area contributed by atoms with E-state index in [9.17, 15) is 27.3 Å². The van der Waals surface area contributed by atoms with E-state index in [1.165, 1.54) is 31.2 Å². The van der Waals surface area contributed by atoms with E-state index >= 15 is 0 Å². The second kappa shape index (κ2) is 10.2. The van der Waals surface area contributed by atoms with Gasteiger partial charge in [0.05, 0.1) is 6.61 Å². The molecule has 0 fully saturated rings. The van der Waals surface area contributed by atoms with E-state index in [2.05, 4.69) is 4.74 Å². The van der Waals surface area contributed by atoms with Gasteiger partial charge >= 0.3 is 25.6 Å². The molecular formula is C19H19F3NO6P. The van der Waals surface area contributed by atoms with Crippen molar-refractivity contribution in [3.8, 4) is 11.5 Å². The molecule has 0 N–H and O–H groups in total. The summed E-state index contributed by atoms with van der Waals surface area (Å²) in [5.74, 6) is -3.37. The number of halogens is 3. The molecule has 0 aliphatic carbocycles. The highest BCUT2D eigenvalue weighted by Crippen LogP contribution is 2.49. The summed E-state index contributed by atoms with van der Waals surface area (Å²) in [5, 5.41) is 0. The van der Waals surface area contributed by atoms with E-state index in [1.54, 1.807) is 36.4 Å². The van der Waals surface area contributed by atoms with Gasteiger partial charge in [-0.05, 0) is 31.2 Å². The van der Waals surface area contributed by atoms with Crippen LogP contribution in [0.5, 0.6) is 11.5 Å². The maximum atomic E-state index is 13.4. The van der Waals surface area contributed by atoms with Crippen LogP contribution in [0, 0.1) is 0 Å². The lowest BCUT2D eigenvalue weighted by Gasteiger charge is -2.27. The monoisotopic (exact) mass is 445 g/mol. The van der Waals surface area contributed by atoms with Crippen molar-refractivity contribution in [3.05, 3.63) is 60.7 Å². The molecule has 0 aliphatic rings. The number of hydrogen-bond donors (Lipinski definition) is 0. The Morgan fingerprint density at radius 2 is 1.40 bits per heavy atom. The molecule has 0 heterocycles. The van der Waals surface area contributed by atoms with Crippen LogP contribution in [0.2, 0.25) is 0 Å². The lowest BCUT2D eigenvalue weighted by atomic mass is 10.3. The van der Waals surface area contributed by atoms with Gasteiger partial charge in [0.1, 0.15) is 24.3 Å². The van der Waals surface area contributed by atoms with Crippen LogP contribution in [0.4, 0.5) is 13.2 Å². The number of para-hydroxylation sites is 2. The fraction of sp³-hybridized carbons (Fsp3) is 0.263. The summed E-state index contributed by atoms with van der Waals surface area (Å²) in [6.07, 6.45) is -6.44. The predicted octanol–water partition coefficient (Wildman–Crippen LogP) is 4.25. The number of nitrogens with zero attached hydrogens (tertiary/aromatic N) is 1. The molecule has 1 amide bonds. The smallest absolute Gasteiger partial charge is 0.465 e. The Bertz CT molecular complexity index is 847. The first-order valence-corrected chi connectivity index (χ1v) is 10.5. The normalized spacial score (nSPS) is 11.5. The van der Waals surface area contributed by atoms with Crippen molar-refractivity contribution in [2.45, 2.75) is 13.1 Å². The van der Waals surface area contributed by atoms with Crippen LogP contribution in [0.15, 0.2) is 60.7 Å². The van der Waals surface area contributed by atoms with Crippen LogP contribution in [0.3, 0.4) is 0 Å². The van der Waals surface area contributed by atoms with E-state index in [4.69, 9.17) is 9.05 Å². The Kier molecular flexibility index (Phi) is 7.88. The van der Waals surface area contributed by atoms with Gasteiger partial charge < -0.3 is 18.7 Å². The van der Waals surface area contributed by atoms with Gasteiger partial charge in [0.25, 0.3) is 0 Å². The first kappa shape index (κ1) is 23.3. The first-order valence-electron chi connectivity index (χ1n) is 8.73. The van der Waals surface area contributed by atoms with Gasteiger partial charge in [-0.25, -0.2) is 4.57 Å². The molecule has 0 radical (unpaired) electrons. The molecule has 2 aromatic rings. The highest BCUT2D eigenvalue weighted by Gasteiger charge is 2.46. The molecule has 0 bridgehead atoms. The zero-order valence-corrected chi connectivity index (χ0v) is 16.8. The van der Waals surface area contributed by atoms with Gasteiger partial charge in [0.2, 0.25) is 0 Å². The highest BCUT2D eigenvalue weighted by atomic mass is 31.2. The van der Waals surface area contributed by atoms with Crippen LogP contribution in [-0.4, -0.2) is 42.4 Å². The summed E-state index contributed by atoms with van der Waals surface area (Å²) in [5.41, 5.74) is 0. The van der Waals surface area contributed by atoms with Crippen molar-refractivity contribution in [1.82, 2.24) is 4.90 Å². The average Bonchev–Trinajstić information content (AvgIpc) is 2.67. The van der Waals surface area contributed by atoms with Crippen molar-refractivity contribution in [1.29, 1.82) is 0 Å². The summed E-state index contributed by atoms with van der Waals surface area (Å²) in [6, 6.07) is 15.2. The molecule has 30 heavy (non-hydrogen) atoms. The Morgan fingerprint density at radius 1 is 0.933 bits per heavy atom. The number of esters is 1. The summed E-state index contributed by atoms with van der Waals surface area (Å²) in [7, 11) is -4.42. The number of hydrogen-bond acceptors (Lipinski definition) is 6. The molecule has 0 spiro atoms. The third-order valence-electron chi connectivity index (χ3n) is 3.47. The number of rotatable bonds is 9. The van der Waals surface area contributed by atoms with Crippen LogP contribution in [-0.2, 0) is 18.9 Å². The maximum Gasteiger partial charge on any atom is 0.471 e. The zero-order chi connectivity index (χ0) is 22.2. The van der Waals surface area contributed by atoms with Crippen LogP contribution in [0.25, 0.3) is 0 Å². The number of carbonyl (C=O) groups excluding carboxylic acids is 2. The minimum atomic E-state index is -5.31. The Morgan fingerprint density at radius 3 is 1.80 bits per heavy atom. The summed E-state index contributed by atoms with van der Waals surface area (Å²) < 4.78 is 67.9. The van der Waals surface area contributed by atoms with E-state index in [0.717, 1.165) is 0 Å². The Hall–Kier alpha value is -3.00. The predicted molar refractivity (Wildman–Crippen MR) is 101 cm³/mol. The number of alkyl halides is 3. The van der Waals surface area contributed by atoms with Gasteiger partial charge in [-0.2, -0.15) is 13.2 Å². The van der Waals surface area contributed by atoms with Crippen molar-refractivity contribution < 1.29 is 41.1 Å². The van der Waals surface area contributed by atoms with E-state index in [-0.39, 0.29) is 23.0 Å². The number of ether oxygens (including phenoxy) is 1. The zero-order valence-electron chi connectivity index (χ0n) is 15.9. The average molecular weight is 445 g/mol. The lowest BCUT2D eigenvalue weighted by molar-refractivity contribution is -0.186. The molecule has 7 nitrogen and oxygen atoms in total. The molecule has 0 aliphatic heterocycles. The Labute approximate surface area is 170 Å². The van der Waals surface area contributed by atoms with E-state index < -0.39 is 38.5 Å². The molecule has 0 atom stereocenters. The van der Waals surface area contributed by atoms with Gasteiger partial charge in [0.15, 0.2) is 0 Å². The first-order chi connectivity index (χ1) is 14.1. The second-order valence-corrected chi connectivity index (χ2v) is 7.74. The SMILES string of the molecule is CCOC(=O)CN(CP(=O)(Oc1ccccc1)Oc1ccccc1)C(=O)C(F)(F)F. The van der Waals surface area contributed by atoms with E-state index in [1.807, 2.05) is 0 Å². The van der Waals surface area contributed by atoms with Crippen LogP contribution < -0.4 is 9.05 Å². The molecule has 162 valence electrons. The standard InChI is InChI=1S/C19H19F3NO6P/c1-2-27-17(24)13-23(18(25)19(20,21)22)14-30(26,28-15-9-5-3-6-10-15)29-16-11-7-4-8-12-16/h3-12H,2,13-14H2,1H3. The van der Waals surface area contributed by atoms with E-state index in [0.29, 0.717) is 0 Å². The molecule has 11 heteroatoms. The highest BCUT2D eigenvalue weighted by molar-refractivity contribution is 7.54. The largest absolute Gasteiger partial charge is 0.471 e. The Balaban J connectivity index is 2.36. The molecule has 0 aromatic heterocycles. The third-order valence-corrected chi connectivity index (χ3v) is 5.14. The van der Waals surface area contributed by atoms with Crippen molar-refractivity contribution >= 4 is 19.5 Å². The minimum Gasteiger partial charge on any atom is -0.465 e. The van der Waals surface area contributed by atoms with Gasteiger partial charge in [-0.3, -0.25) is 9.59 Å². The maximum absolute atomic E-state index is 13.4. The fourth-order valence-electron chi connectivity index (χ4n) is 2.30. The molecule has 2 aromatic carbocycles. The van der Waals surface area contributed by atoms with Gasteiger partial charge in [0, 0.05) is 0 Å². The van der Waals surface area contributed by atoms with Crippen molar-refractivity contribution in [2.75, 3.05) is 19.4 Å². The lowest BCUT2D eigenvalue weighted by Crippen LogP contribution is -2.45. The molecule has 0 unspecified atom stereocenters. The van der Waals surface area contributed by atoms with Crippen molar-refractivity contribution in [3.63, 3.8) is 0 Å². The number of carbonyl (C=O) groups is 2. The number of benzene rings is 2. The summed E-state index contributed by atoms with van der Waals surface area (Å²) in [4.78, 5) is 23.6. The topological polar surface area (TPSA) is 82.1 Å². The molecule has 0 saturated heterocycles. The number of amides is 1. The molecule has 2 rings (SSSR count). The van der Waals surface area contributed by atoms with Crippen molar-refractivity contribution in [2.24, 2.45) is 0 Å². The third kappa shape index (κ3) is 7.11. The molecular weight excluding hydrogens is 426 g/mol. The second-order valence-electron chi connectivity index (χ2n) is 5.87.